The van der Waals surface area contributed by atoms with Crippen LogP contribution in [0.5, 0.6) is 0 Å². The van der Waals surface area contributed by atoms with E-state index in [1.807, 2.05) is 38.1 Å². The molecule has 1 N–H and O–H groups in total. The van der Waals surface area contributed by atoms with E-state index in [2.05, 4.69) is 10.3 Å². The molecule has 5 nitrogen and oxygen atoms in total. The van der Waals surface area contributed by atoms with Crippen LogP contribution in [-0.2, 0) is 16.1 Å². The first-order valence-electron chi connectivity index (χ1n) is 7.35. The number of hydrogen-bond donors (Lipinski definition) is 1. The van der Waals surface area contributed by atoms with E-state index in [1.165, 1.54) is 11.3 Å². The molecule has 0 saturated carbocycles. The van der Waals surface area contributed by atoms with Crippen LogP contribution in [0.15, 0.2) is 24.3 Å². The summed E-state index contributed by atoms with van der Waals surface area (Å²) in [7, 11) is 0. The van der Waals surface area contributed by atoms with Crippen molar-refractivity contribution >= 4 is 23.2 Å². The lowest BCUT2D eigenvalue weighted by atomic mass is 10.1. The predicted octanol–water partition coefficient (Wildman–Crippen LogP) is 2.93. The van der Waals surface area contributed by atoms with Gasteiger partial charge in [-0.25, -0.2) is 9.78 Å². The third-order valence-electron chi connectivity index (χ3n) is 3.33. The molecule has 0 aliphatic heterocycles. The molecule has 0 radical (unpaired) electrons. The van der Waals surface area contributed by atoms with Crippen LogP contribution in [0.1, 0.15) is 38.4 Å². The summed E-state index contributed by atoms with van der Waals surface area (Å²) in [5, 5.41) is 3.56. The number of thiazole rings is 1. The number of amides is 1. The lowest BCUT2D eigenvalue weighted by Crippen LogP contribution is -2.35. The maximum atomic E-state index is 12.1. The van der Waals surface area contributed by atoms with Gasteiger partial charge in [0.05, 0.1) is 10.7 Å². The zero-order valence-electron chi connectivity index (χ0n) is 13.7. The highest BCUT2D eigenvalue weighted by atomic mass is 32.1. The fraction of sp³-hybridized carbons (Fsp3) is 0.353. The molecule has 0 aliphatic carbocycles. The molecule has 1 unspecified atom stereocenters. The number of aryl methyl sites for hydroxylation is 3. The smallest absolute Gasteiger partial charge is 0.351 e. The predicted molar refractivity (Wildman–Crippen MR) is 89.5 cm³/mol. The minimum atomic E-state index is -0.852. The van der Waals surface area contributed by atoms with Crippen molar-refractivity contribution in [3.63, 3.8) is 0 Å². The maximum Gasteiger partial charge on any atom is 0.351 e. The van der Waals surface area contributed by atoms with E-state index in [9.17, 15) is 9.59 Å². The van der Waals surface area contributed by atoms with E-state index in [1.54, 1.807) is 13.8 Å². The normalized spacial score (nSPS) is 11.8. The number of carbonyl (C=O) groups is 2. The summed E-state index contributed by atoms with van der Waals surface area (Å²) < 4.78 is 5.22. The van der Waals surface area contributed by atoms with Gasteiger partial charge in [-0.2, -0.15) is 0 Å². The van der Waals surface area contributed by atoms with Gasteiger partial charge in [0, 0.05) is 6.54 Å². The molecule has 2 rings (SSSR count). The van der Waals surface area contributed by atoms with E-state index >= 15 is 0 Å². The molecule has 1 atom stereocenters. The van der Waals surface area contributed by atoms with Gasteiger partial charge >= 0.3 is 5.97 Å². The van der Waals surface area contributed by atoms with Gasteiger partial charge < -0.3 is 10.1 Å². The van der Waals surface area contributed by atoms with Crippen molar-refractivity contribution in [3.05, 3.63) is 51.0 Å². The van der Waals surface area contributed by atoms with Crippen molar-refractivity contribution in [3.8, 4) is 0 Å². The lowest BCUT2D eigenvalue weighted by Gasteiger charge is -2.13. The first-order valence-corrected chi connectivity index (χ1v) is 8.16. The summed E-state index contributed by atoms with van der Waals surface area (Å²) in [6.45, 7) is 7.55. The second-order valence-electron chi connectivity index (χ2n) is 5.40. The zero-order valence-corrected chi connectivity index (χ0v) is 14.5. The van der Waals surface area contributed by atoms with Crippen LogP contribution >= 0.6 is 11.3 Å². The largest absolute Gasteiger partial charge is 0.448 e. The van der Waals surface area contributed by atoms with Crippen molar-refractivity contribution in [2.75, 3.05) is 0 Å². The summed E-state index contributed by atoms with van der Waals surface area (Å²) in [6.07, 6.45) is -0.852. The van der Waals surface area contributed by atoms with Gasteiger partial charge in [0.15, 0.2) is 6.10 Å². The topological polar surface area (TPSA) is 68.3 Å². The Labute approximate surface area is 139 Å². The van der Waals surface area contributed by atoms with E-state index < -0.39 is 12.1 Å². The molecule has 0 saturated heterocycles. The highest BCUT2D eigenvalue weighted by Crippen LogP contribution is 2.18. The van der Waals surface area contributed by atoms with Gasteiger partial charge in [0.25, 0.3) is 5.91 Å². The third kappa shape index (κ3) is 4.63. The molecule has 2 aromatic rings. The minimum absolute atomic E-state index is 0.321. The maximum absolute atomic E-state index is 12.1. The number of nitrogens with zero attached hydrogens (tertiary/aromatic N) is 1. The van der Waals surface area contributed by atoms with Crippen LogP contribution in [0.25, 0.3) is 0 Å². The fourth-order valence-electron chi connectivity index (χ4n) is 2.03. The van der Waals surface area contributed by atoms with Crippen LogP contribution in [0.4, 0.5) is 0 Å². The molecular formula is C17H20N2O3S. The van der Waals surface area contributed by atoms with Crippen LogP contribution in [0.2, 0.25) is 0 Å². The number of benzene rings is 1. The van der Waals surface area contributed by atoms with Crippen molar-refractivity contribution < 1.29 is 14.3 Å². The second kappa shape index (κ2) is 7.37. The van der Waals surface area contributed by atoms with Crippen molar-refractivity contribution in [2.24, 2.45) is 0 Å². The monoisotopic (exact) mass is 332 g/mol. The van der Waals surface area contributed by atoms with Gasteiger partial charge in [-0.1, -0.05) is 29.8 Å². The van der Waals surface area contributed by atoms with Crippen molar-refractivity contribution in [1.29, 1.82) is 0 Å². The van der Waals surface area contributed by atoms with Gasteiger partial charge in [-0.3, -0.25) is 4.79 Å². The summed E-state index contributed by atoms with van der Waals surface area (Å²) in [4.78, 5) is 28.7. The average Bonchev–Trinajstić information content (AvgIpc) is 2.85. The van der Waals surface area contributed by atoms with Crippen LogP contribution in [-0.4, -0.2) is 23.0 Å². The Morgan fingerprint density at radius 2 is 1.87 bits per heavy atom. The molecule has 122 valence electrons. The molecule has 0 bridgehead atoms. The molecule has 1 aromatic carbocycles. The Hall–Kier alpha value is -2.21. The van der Waals surface area contributed by atoms with Gasteiger partial charge in [-0.05, 0) is 33.3 Å². The molecule has 0 aliphatic rings. The summed E-state index contributed by atoms with van der Waals surface area (Å²) in [5.74, 6) is -0.830. The standard InChI is InChI=1S/C17H20N2O3S/c1-10-5-7-14(8-6-10)9-18-16(20)12(3)22-17(21)15-11(2)19-13(4)23-15/h5-8,12H,9H2,1-4H3,(H,18,20). The highest BCUT2D eigenvalue weighted by molar-refractivity contribution is 7.13. The number of aromatic nitrogens is 1. The Bertz CT molecular complexity index is 707. The van der Waals surface area contributed by atoms with Gasteiger partial charge in [0.1, 0.15) is 4.88 Å². The molecule has 1 heterocycles. The van der Waals surface area contributed by atoms with Crippen LogP contribution in [0, 0.1) is 20.8 Å². The Balaban J connectivity index is 1.88. The molecule has 6 heteroatoms. The number of carbonyl (C=O) groups excluding carboxylic acids is 2. The van der Waals surface area contributed by atoms with Crippen molar-refractivity contribution in [1.82, 2.24) is 10.3 Å². The molecule has 1 aromatic heterocycles. The number of ether oxygens (including phenoxy) is 1. The Morgan fingerprint density at radius 1 is 1.22 bits per heavy atom. The number of nitrogens with one attached hydrogen (secondary N) is 1. The minimum Gasteiger partial charge on any atom is -0.448 e. The van der Waals surface area contributed by atoms with Crippen LogP contribution < -0.4 is 5.32 Å². The molecular weight excluding hydrogens is 312 g/mol. The Kier molecular flexibility index (Phi) is 5.50. The van der Waals surface area contributed by atoms with Gasteiger partial charge in [0.2, 0.25) is 0 Å². The van der Waals surface area contributed by atoms with E-state index in [-0.39, 0.29) is 5.91 Å². The van der Waals surface area contributed by atoms with Crippen LogP contribution in [0.3, 0.4) is 0 Å². The quantitative estimate of drug-likeness (QED) is 0.855. The third-order valence-corrected chi connectivity index (χ3v) is 4.38. The Morgan fingerprint density at radius 3 is 2.43 bits per heavy atom. The number of rotatable bonds is 5. The number of hydrogen-bond acceptors (Lipinski definition) is 5. The molecule has 0 spiro atoms. The van der Waals surface area contributed by atoms with E-state index in [0.717, 1.165) is 16.1 Å². The molecule has 1 amide bonds. The fourth-order valence-corrected chi connectivity index (χ4v) is 2.83. The summed E-state index contributed by atoms with van der Waals surface area (Å²) in [6, 6.07) is 7.88. The molecule has 0 fully saturated rings. The highest BCUT2D eigenvalue weighted by Gasteiger charge is 2.21. The van der Waals surface area contributed by atoms with E-state index in [4.69, 9.17) is 4.74 Å². The first kappa shape index (κ1) is 17.1. The second-order valence-corrected chi connectivity index (χ2v) is 6.60. The first-order chi connectivity index (χ1) is 10.9. The zero-order chi connectivity index (χ0) is 17.0. The lowest BCUT2D eigenvalue weighted by molar-refractivity contribution is -0.129. The van der Waals surface area contributed by atoms with Crippen molar-refractivity contribution in [2.45, 2.75) is 40.3 Å². The molecule has 23 heavy (non-hydrogen) atoms. The summed E-state index contributed by atoms with van der Waals surface area (Å²) in [5.41, 5.74) is 2.79. The van der Waals surface area contributed by atoms with E-state index in [0.29, 0.717) is 17.1 Å². The average molecular weight is 332 g/mol. The number of esters is 1. The summed E-state index contributed by atoms with van der Waals surface area (Å²) >= 11 is 1.27. The van der Waals surface area contributed by atoms with Gasteiger partial charge in [-0.15, -0.1) is 11.3 Å². The SMILES string of the molecule is Cc1ccc(CNC(=O)C(C)OC(=O)c2sc(C)nc2C)cc1.